The number of fused-ring (bicyclic) bond motifs is 3. The van der Waals surface area contributed by atoms with Gasteiger partial charge in [0.1, 0.15) is 17.7 Å². The van der Waals surface area contributed by atoms with E-state index in [0.29, 0.717) is 22.3 Å². The van der Waals surface area contributed by atoms with Crippen LogP contribution in [-0.4, -0.2) is 20.1 Å². The molecule has 31 heavy (non-hydrogen) atoms. The number of primary sulfonamides is 1. The van der Waals surface area contributed by atoms with Gasteiger partial charge in [-0.25, -0.2) is 17.9 Å². The zero-order chi connectivity index (χ0) is 22.3. The third kappa shape index (κ3) is 4.30. The molecule has 0 amide bonds. The van der Waals surface area contributed by atoms with E-state index in [0.717, 1.165) is 6.07 Å². The molecule has 3 aromatic carbocycles. The van der Waals surface area contributed by atoms with Crippen LogP contribution in [0.4, 0.5) is 13.2 Å². The van der Waals surface area contributed by atoms with E-state index in [1.54, 1.807) is 6.07 Å². The van der Waals surface area contributed by atoms with Gasteiger partial charge >= 0.3 is 6.61 Å². The molecule has 3 aromatic rings. The summed E-state index contributed by atoms with van der Waals surface area (Å²) in [4.78, 5) is 0. The summed E-state index contributed by atoms with van der Waals surface area (Å²) in [5.41, 5.74) is 1.56. The lowest BCUT2D eigenvalue weighted by atomic mass is 9.88. The Morgan fingerprint density at radius 1 is 1.13 bits per heavy atom. The number of nitrogens with two attached hydrogens (primary N) is 1. The maximum atomic E-state index is 13.9. The Bertz CT molecular complexity index is 1260. The largest absolute Gasteiger partial charge is 0.504 e. The predicted molar refractivity (Wildman–Crippen MR) is 106 cm³/mol. The van der Waals surface area contributed by atoms with Gasteiger partial charge in [-0.2, -0.15) is 8.78 Å². The van der Waals surface area contributed by atoms with E-state index in [9.17, 15) is 26.7 Å². The number of phenols is 1. The van der Waals surface area contributed by atoms with Gasteiger partial charge in [-0.1, -0.05) is 30.3 Å². The first kappa shape index (κ1) is 21.0. The first-order valence-electron chi connectivity index (χ1n) is 8.99. The van der Waals surface area contributed by atoms with Gasteiger partial charge in [0.2, 0.25) is 10.0 Å². The summed E-state index contributed by atoms with van der Waals surface area (Å²) in [7, 11) is -3.85. The molecule has 1 atom stereocenters. The van der Waals surface area contributed by atoms with Crippen LogP contribution in [-0.2, 0) is 15.8 Å². The van der Waals surface area contributed by atoms with E-state index in [1.807, 2.05) is 0 Å². The molecule has 0 aliphatic carbocycles. The zero-order valence-electron chi connectivity index (χ0n) is 15.8. The Kier molecular flexibility index (Phi) is 5.28. The molecule has 3 N–H and O–H groups in total. The van der Waals surface area contributed by atoms with Crippen molar-refractivity contribution in [2.75, 3.05) is 0 Å². The van der Waals surface area contributed by atoms with Crippen molar-refractivity contribution in [2.45, 2.75) is 18.5 Å². The summed E-state index contributed by atoms with van der Waals surface area (Å²) < 4.78 is 73.4. The molecule has 162 valence electrons. The maximum Gasteiger partial charge on any atom is 0.387 e. The number of phenolic OH excluding ortho intramolecular Hbond substituents is 1. The summed E-state index contributed by atoms with van der Waals surface area (Å²) in [5, 5.41) is 15.2. The first-order chi connectivity index (χ1) is 14.6. The van der Waals surface area contributed by atoms with Crippen molar-refractivity contribution < 1.29 is 36.2 Å². The van der Waals surface area contributed by atoms with Crippen molar-refractivity contribution in [3.8, 4) is 28.4 Å². The number of sulfonamides is 1. The lowest BCUT2D eigenvalue weighted by molar-refractivity contribution is -0.0510. The van der Waals surface area contributed by atoms with E-state index < -0.39 is 45.8 Å². The fourth-order valence-electron chi connectivity index (χ4n) is 3.60. The van der Waals surface area contributed by atoms with Gasteiger partial charge in [0.05, 0.1) is 11.3 Å². The Balaban J connectivity index is 1.95. The number of rotatable bonds is 5. The normalized spacial score (nSPS) is 15.2. The van der Waals surface area contributed by atoms with Crippen LogP contribution in [0.1, 0.15) is 22.8 Å². The highest BCUT2D eigenvalue weighted by Crippen LogP contribution is 2.52. The van der Waals surface area contributed by atoms with Crippen molar-refractivity contribution in [1.29, 1.82) is 0 Å². The smallest absolute Gasteiger partial charge is 0.387 e. The number of halogens is 3. The second kappa shape index (κ2) is 7.78. The van der Waals surface area contributed by atoms with E-state index >= 15 is 0 Å². The van der Waals surface area contributed by atoms with Crippen LogP contribution in [0, 0.1) is 5.82 Å². The van der Waals surface area contributed by atoms with Gasteiger partial charge in [0.25, 0.3) is 0 Å². The van der Waals surface area contributed by atoms with Crippen LogP contribution < -0.4 is 14.6 Å². The molecule has 10 heteroatoms. The van der Waals surface area contributed by atoms with Gasteiger partial charge < -0.3 is 14.6 Å². The van der Waals surface area contributed by atoms with Crippen LogP contribution >= 0.6 is 0 Å². The predicted octanol–water partition coefficient (Wildman–Crippen LogP) is 4.07. The maximum absolute atomic E-state index is 13.9. The minimum atomic E-state index is -3.85. The van der Waals surface area contributed by atoms with E-state index in [1.165, 1.54) is 42.5 Å². The van der Waals surface area contributed by atoms with Gasteiger partial charge in [-0.3, -0.25) is 0 Å². The third-order valence-corrected chi connectivity index (χ3v) is 5.47. The molecule has 1 heterocycles. The van der Waals surface area contributed by atoms with E-state index in [-0.39, 0.29) is 11.3 Å². The van der Waals surface area contributed by atoms with E-state index in [2.05, 4.69) is 4.74 Å². The number of aromatic hydroxyl groups is 1. The fraction of sp³-hybridized carbons (Fsp3) is 0.143. The Hall–Kier alpha value is -3.24. The second-order valence-electron chi connectivity index (χ2n) is 6.95. The quantitative estimate of drug-likeness (QED) is 0.609. The second-order valence-corrected chi connectivity index (χ2v) is 8.56. The molecule has 4 rings (SSSR count). The van der Waals surface area contributed by atoms with Gasteiger partial charge in [-0.05, 0) is 41.0 Å². The lowest BCUT2D eigenvalue weighted by Gasteiger charge is -2.31. The average molecular weight is 451 g/mol. The Morgan fingerprint density at radius 2 is 1.90 bits per heavy atom. The highest BCUT2D eigenvalue weighted by atomic mass is 32.2. The van der Waals surface area contributed by atoms with E-state index in [4.69, 9.17) is 9.88 Å². The number of ether oxygens (including phenoxy) is 2. The number of benzene rings is 3. The zero-order valence-corrected chi connectivity index (χ0v) is 16.6. The average Bonchev–Trinajstić information content (AvgIpc) is 2.67. The van der Waals surface area contributed by atoms with Gasteiger partial charge in [-0.15, -0.1) is 0 Å². The summed E-state index contributed by atoms with van der Waals surface area (Å²) in [5.74, 6) is -1.85. The molecule has 0 fully saturated rings. The van der Waals surface area contributed by atoms with Crippen molar-refractivity contribution in [1.82, 2.24) is 0 Å². The third-order valence-electron chi connectivity index (χ3n) is 4.74. The molecule has 1 unspecified atom stereocenters. The molecule has 0 saturated heterocycles. The van der Waals surface area contributed by atoms with Crippen molar-refractivity contribution in [3.63, 3.8) is 0 Å². The van der Waals surface area contributed by atoms with Crippen molar-refractivity contribution in [3.05, 3.63) is 77.1 Å². The monoisotopic (exact) mass is 451 g/mol. The van der Waals surface area contributed by atoms with Crippen LogP contribution in [0.2, 0.25) is 0 Å². The highest BCUT2D eigenvalue weighted by Gasteiger charge is 2.32. The standard InChI is InChI=1S/C21H16F3NO5S/c22-13-3-1-2-12(9-13)19-15-8-11(10-31(25,27)28)4-5-14(15)18-17(29-19)7-6-16(26)20(18)30-21(23)24/h1-9,19,21,26H,10H2,(H2,25,27,28). The summed E-state index contributed by atoms with van der Waals surface area (Å²) >= 11 is 0. The molecule has 1 aliphatic rings. The Labute approximate surface area is 175 Å². The molecule has 0 spiro atoms. The molecule has 1 aliphatic heterocycles. The summed E-state index contributed by atoms with van der Waals surface area (Å²) in [6.45, 7) is -3.21. The minimum Gasteiger partial charge on any atom is -0.504 e. The molecule has 0 saturated carbocycles. The Morgan fingerprint density at radius 3 is 2.58 bits per heavy atom. The fourth-order valence-corrected chi connectivity index (χ4v) is 4.25. The molecule has 0 bridgehead atoms. The van der Waals surface area contributed by atoms with Crippen LogP contribution in [0.5, 0.6) is 17.2 Å². The van der Waals surface area contributed by atoms with Crippen molar-refractivity contribution >= 4 is 10.0 Å². The summed E-state index contributed by atoms with van der Waals surface area (Å²) in [6.07, 6.45) is -0.873. The van der Waals surface area contributed by atoms with Gasteiger partial charge in [0.15, 0.2) is 11.5 Å². The highest BCUT2D eigenvalue weighted by molar-refractivity contribution is 7.88. The van der Waals surface area contributed by atoms with Crippen molar-refractivity contribution in [2.24, 2.45) is 5.14 Å². The van der Waals surface area contributed by atoms with Gasteiger partial charge in [0, 0.05) is 5.56 Å². The van der Waals surface area contributed by atoms with Crippen LogP contribution in [0.3, 0.4) is 0 Å². The molecular weight excluding hydrogens is 435 g/mol. The molecule has 0 aromatic heterocycles. The number of alkyl halides is 2. The topological polar surface area (TPSA) is 98.9 Å². The van der Waals surface area contributed by atoms with Crippen LogP contribution in [0.25, 0.3) is 11.1 Å². The summed E-state index contributed by atoms with van der Waals surface area (Å²) in [6, 6.07) is 12.6. The lowest BCUT2D eigenvalue weighted by Crippen LogP contribution is -2.18. The SMILES string of the molecule is NS(=O)(=O)Cc1ccc2c(c1)C(c1cccc(F)c1)Oc1ccc(O)c(OC(F)F)c1-2. The number of hydrogen-bond acceptors (Lipinski definition) is 5. The van der Waals surface area contributed by atoms with Crippen LogP contribution in [0.15, 0.2) is 54.6 Å². The number of hydrogen-bond donors (Lipinski definition) is 2. The molecule has 6 nitrogen and oxygen atoms in total. The minimum absolute atomic E-state index is 0.0742. The molecule has 0 radical (unpaired) electrons. The first-order valence-corrected chi connectivity index (χ1v) is 10.7. The molecular formula is C21H16F3NO5S.